The van der Waals surface area contributed by atoms with Gasteiger partial charge in [-0.25, -0.2) is 0 Å². The Labute approximate surface area is 140 Å². The maximum Gasteiger partial charge on any atom is 0.231 e. The first-order valence-electron chi connectivity index (χ1n) is 8.43. The summed E-state index contributed by atoms with van der Waals surface area (Å²) in [5.74, 6) is 3.22. The van der Waals surface area contributed by atoms with Gasteiger partial charge in [-0.1, -0.05) is 12.2 Å². The minimum atomic E-state index is 0.0569. The molecule has 2 aliphatic rings. The maximum absolute atomic E-state index is 12.1. The molecule has 1 amide bonds. The van der Waals surface area contributed by atoms with E-state index in [1.54, 1.807) is 23.8 Å². The zero-order valence-electron chi connectivity index (χ0n) is 13.7. The van der Waals surface area contributed by atoms with Gasteiger partial charge in [0.15, 0.2) is 11.5 Å². The van der Waals surface area contributed by atoms with E-state index in [9.17, 15) is 4.79 Å². The summed E-state index contributed by atoms with van der Waals surface area (Å²) in [6, 6.07) is 3.54. The highest BCUT2D eigenvalue weighted by Crippen LogP contribution is 2.42. The van der Waals surface area contributed by atoms with Crippen molar-refractivity contribution in [2.75, 3.05) is 13.7 Å². The van der Waals surface area contributed by atoms with E-state index < -0.39 is 0 Å². The summed E-state index contributed by atoms with van der Waals surface area (Å²) in [5.41, 5.74) is 0.653. The van der Waals surface area contributed by atoms with Crippen LogP contribution in [0, 0.1) is 17.8 Å². The molecule has 2 bridgehead atoms. The van der Waals surface area contributed by atoms with Gasteiger partial charge in [-0.15, -0.1) is 15.3 Å². The Bertz CT molecular complexity index is 784. The Morgan fingerprint density at radius 3 is 3.00 bits per heavy atom. The molecule has 7 heteroatoms. The number of rotatable bonds is 6. The summed E-state index contributed by atoms with van der Waals surface area (Å²) in [4.78, 5) is 12.1. The highest BCUT2D eigenvalue weighted by molar-refractivity contribution is 5.76. The van der Waals surface area contributed by atoms with E-state index in [1.165, 1.54) is 12.8 Å². The van der Waals surface area contributed by atoms with Gasteiger partial charge in [-0.05, 0) is 36.7 Å². The van der Waals surface area contributed by atoms with Crippen molar-refractivity contribution in [1.82, 2.24) is 25.1 Å². The Morgan fingerprint density at radius 1 is 1.33 bits per heavy atom. The van der Waals surface area contributed by atoms with E-state index >= 15 is 0 Å². The van der Waals surface area contributed by atoms with Crippen LogP contribution in [-0.4, -0.2) is 39.4 Å². The smallest absolute Gasteiger partial charge is 0.231 e. The Kier molecular flexibility index (Phi) is 3.92. The van der Waals surface area contributed by atoms with Crippen molar-refractivity contribution in [3.05, 3.63) is 30.1 Å². The number of carbonyl (C=O) groups excluding carboxylic acids is 1. The van der Waals surface area contributed by atoms with Gasteiger partial charge in [0.25, 0.3) is 0 Å². The number of hydrogen-bond donors (Lipinski definition) is 1. The van der Waals surface area contributed by atoms with Crippen LogP contribution in [0.2, 0.25) is 0 Å². The standard InChI is InChI=1S/C17H21N5O2/c1-24-17-7-5-15-20-19-14(22(15)21-17)4-6-16(23)18-10-13-9-11-2-3-12(13)8-11/h2-3,5,7,11-13H,4,6,8-10H2,1H3,(H,18,23)/t11-,12-,13+/m0/s1. The average molecular weight is 327 g/mol. The molecule has 126 valence electrons. The molecule has 1 N–H and O–H groups in total. The fraction of sp³-hybridized carbons (Fsp3) is 0.529. The van der Waals surface area contributed by atoms with Crippen LogP contribution in [-0.2, 0) is 11.2 Å². The van der Waals surface area contributed by atoms with Crippen LogP contribution < -0.4 is 10.1 Å². The first-order valence-corrected chi connectivity index (χ1v) is 8.43. The fourth-order valence-corrected chi connectivity index (χ4v) is 3.77. The van der Waals surface area contributed by atoms with Crippen molar-refractivity contribution in [2.24, 2.45) is 17.8 Å². The zero-order chi connectivity index (χ0) is 16.5. The van der Waals surface area contributed by atoms with Crippen LogP contribution in [0.1, 0.15) is 25.1 Å². The quantitative estimate of drug-likeness (QED) is 0.811. The Morgan fingerprint density at radius 2 is 2.25 bits per heavy atom. The van der Waals surface area contributed by atoms with Gasteiger partial charge in [0.2, 0.25) is 11.8 Å². The largest absolute Gasteiger partial charge is 0.480 e. The van der Waals surface area contributed by atoms with E-state index in [1.807, 2.05) is 0 Å². The third-order valence-electron chi connectivity index (χ3n) is 5.07. The van der Waals surface area contributed by atoms with E-state index in [-0.39, 0.29) is 5.91 Å². The lowest BCUT2D eigenvalue weighted by molar-refractivity contribution is -0.121. The van der Waals surface area contributed by atoms with Crippen molar-refractivity contribution in [2.45, 2.75) is 25.7 Å². The third kappa shape index (κ3) is 2.86. The summed E-state index contributed by atoms with van der Waals surface area (Å²) in [7, 11) is 1.57. The Hall–Kier alpha value is -2.44. The van der Waals surface area contributed by atoms with Crippen molar-refractivity contribution in [3.8, 4) is 5.88 Å². The summed E-state index contributed by atoms with van der Waals surface area (Å²) in [6.45, 7) is 0.775. The van der Waals surface area contributed by atoms with Crippen molar-refractivity contribution in [3.63, 3.8) is 0 Å². The highest BCUT2D eigenvalue weighted by Gasteiger charge is 2.35. The van der Waals surface area contributed by atoms with Gasteiger partial charge in [0, 0.05) is 25.5 Å². The number of methoxy groups -OCH3 is 1. The topological polar surface area (TPSA) is 81.4 Å². The molecule has 0 spiro atoms. The number of carbonyl (C=O) groups is 1. The monoisotopic (exact) mass is 327 g/mol. The van der Waals surface area contributed by atoms with Gasteiger partial charge in [-0.2, -0.15) is 4.52 Å². The van der Waals surface area contributed by atoms with Crippen molar-refractivity contribution < 1.29 is 9.53 Å². The molecule has 24 heavy (non-hydrogen) atoms. The molecule has 2 heterocycles. The molecule has 3 atom stereocenters. The lowest BCUT2D eigenvalue weighted by atomic mass is 9.93. The second kappa shape index (κ2) is 6.22. The second-order valence-corrected chi connectivity index (χ2v) is 6.61. The lowest BCUT2D eigenvalue weighted by Crippen LogP contribution is -2.31. The summed E-state index contributed by atoms with van der Waals surface area (Å²) in [5, 5.41) is 15.5. The molecule has 0 unspecified atom stereocenters. The number of nitrogens with zero attached hydrogens (tertiary/aromatic N) is 4. The number of allylic oxidation sites excluding steroid dienone is 2. The van der Waals surface area contributed by atoms with Gasteiger partial charge in [0.1, 0.15) is 0 Å². The molecule has 0 aliphatic heterocycles. The van der Waals surface area contributed by atoms with Crippen LogP contribution in [0.5, 0.6) is 5.88 Å². The zero-order valence-corrected chi connectivity index (χ0v) is 13.7. The van der Waals surface area contributed by atoms with Gasteiger partial charge < -0.3 is 10.1 Å². The number of hydrogen-bond acceptors (Lipinski definition) is 5. The van der Waals surface area contributed by atoms with E-state index in [0.717, 1.165) is 12.5 Å². The van der Waals surface area contributed by atoms with Crippen LogP contribution in [0.15, 0.2) is 24.3 Å². The first kappa shape index (κ1) is 15.1. The first-order chi connectivity index (χ1) is 11.7. The van der Waals surface area contributed by atoms with Crippen LogP contribution >= 0.6 is 0 Å². The summed E-state index contributed by atoms with van der Waals surface area (Å²) >= 11 is 0. The number of aryl methyl sites for hydroxylation is 1. The third-order valence-corrected chi connectivity index (χ3v) is 5.07. The van der Waals surface area contributed by atoms with Gasteiger partial charge >= 0.3 is 0 Å². The molecular formula is C17H21N5O2. The number of amides is 1. The van der Waals surface area contributed by atoms with Crippen molar-refractivity contribution in [1.29, 1.82) is 0 Å². The molecule has 1 saturated carbocycles. The van der Waals surface area contributed by atoms with E-state index in [2.05, 4.69) is 32.8 Å². The van der Waals surface area contributed by atoms with Gasteiger partial charge in [0.05, 0.1) is 7.11 Å². The molecule has 7 nitrogen and oxygen atoms in total. The summed E-state index contributed by atoms with van der Waals surface area (Å²) < 4.78 is 6.75. The Balaban J connectivity index is 1.31. The number of fused-ring (bicyclic) bond motifs is 3. The number of nitrogens with one attached hydrogen (secondary N) is 1. The molecule has 1 fully saturated rings. The molecule has 2 aromatic heterocycles. The molecular weight excluding hydrogens is 306 g/mol. The van der Waals surface area contributed by atoms with Gasteiger partial charge in [-0.3, -0.25) is 4.79 Å². The molecule has 2 aromatic rings. The molecule has 4 rings (SSSR count). The maximum atomic E-state index is 12.1. The molecule has 0 radical (unpaired) electrons. The lowest BCUT2D eigenvalue weighted by Gasteiger charge is -2.18. The molecule has 0 saturated heterocycles. The molecule has 2 aliphatic carbocycles. The average Bonchev–Trinajstić information content (AvgIpc) is 3.32. The molecule has 0 aromatic carbocycles. The minimum absolute atomic E-state index is 0.0569. The van der Waals surface area contributed by atoms with E-state index in [0.29, 0.717) is 42.0 Å². The predicted molar refractivity (Wildman–Crippen MR) is 87.5 cm³/mol. The van der Waals surface area contributed by atoms with E-state index in [4.69, 9.17) is 4.74 Å². The van der Waals surface area contributed by atoms with Crippen LogP contribution in [0.3, 0.4) is 0 Å². The number of aromatic nitrogens is 4. The predicted octanol–water partition coefficient (Wildman–Crippen LogP) is 1.39. The normalized spacial score (nSPS) is 24.6. The van der Waals surface area contributed by atoms with Crippen LogP contribution in [0.25, 0.3) is 5.65 Å². The SMILES string of the molecule is COc1ccc2nnc(CCC(=O)NC[C@H]3C[C@H]4C=C[C@H]3C4)n2n1. The minimum Gasteiger partial charge on any atom is -0.480 e. The second-order valence-electron chi connectivity index (χ2n) is 6.61. The summed E-state index contributed by atoms with van der Waals surface area (Å²) in [6.07, 6.45) is 7.99. The van der Waals surface area contributed by atoms with Crippen molar-refractivity contribution >= 4 is 11.6 Å². The highest BCUT2D eigenvalue weighted by atomic mass is 16.5. The van der Waals surface area contributed by atoms with Crippen LogP contribution in [0.4, 0.5) is 0 Å². The fourth-order valence-electron chi connectivity index (χ4n) is 3.77. The number of ether oxygens (including phenoxy) is 1.